The second kappa shape index (κ2) is 7.63. The lowest BCUT2D eigenvalue weighted by molar-refractivity contribution is -0.129. The average molecular weight is 228 g/mol. The van der Waals surface area contributed by atoms with E-state index in [1.165, 1.54) is 0 Å². The molecule has 0 saturated carbocycles. The van der Waals surface area contributed by atoms with Gasteiger partial charge >= 0.3 is 0 Å². The second-order valence-electron chi connectivity index (χ2n) is 4.31. The lowest BCUT2D eigenvalue weighted by Gasteiger charge is -2.29. The van der Waals surface area contributed by atoms with Crippen LogP contribution in [0.2, 0.25) is 0 Å². The highest BCUT2D eigenvalue weighted by Crippen LogP contribution is 2.00. The second-order valence-corrected chi connectivity index (χ2v) is 4.31. The van der Waals surface area contributed by atoms with Crippen LogP contribution in [0.5, 0.6) is 0 Å². The molecule has 0 N–H and O–H groups in total. The molecule has 0 unspecified atom stereocenters. The summed E-state index contributed by atoms with van der Waals surface area (Å²) in [5, 5.41) is 0. The zero-order valence-corrected chi connectivity index (χ0v) is 10.6. The van der Waals surface area contributed by atoms with E-state index >= 15 is 0 Å². The molecule has 1 saturated heterocycles. The summed E-state index contributed by atoms with van der Waals surface area (Å²) in [7, 11) is 0. The maximum absolute atomic E-state index is 11.4. The summed E-state index contributed by atoms with van der Waals surface area (Å²) in [6, 6.07) is 0. The summed E-state index contributed by atoms with van der Waals surface area (Å²) < 4.78 is 5.30. The molecule has 0 bridgehead atoms. The van der Waals surface area contributed by atoms with Gasteiger partial charge in [0.25, 0.3) is 0 Å². The van der Waals surface area contributed by atoms with Gasteiger partial charge in [0, 0.05) is 39.6 Å². The number of morpholine rings is 1. The maximum Gasteiger partial charge on any atom is 0.219 e. The molecule has 0 aromatic heterocycles. The standard InChI is InChI=1S/C12H24N2O2/c1-3-4-5-14(12(2)15)7-6-13-8-10-16-11-9-13/h3-11H2,1-2H3. The summed E-state index contributed by atoms with van der Waals surface area (Å²) >= 11 is 0. The number of ether oxygens (including phenoxy) is 1. The Labute approximate surface area is 98.5 Å². The quantitative estimate of drug-likeness (QED) is 0.679. The molecule has 0 radical (unpaired) electrons. The van der Waals surface area contributed by atoms with Crippen LogP contribution >= 0.6 is 0 Å². The smallest absolute Gasteiger partial charge is 0.219 e. The first kappa shape index (κ1) is 13.5. The number of hydrogen-bond donors (Lipinski definition) is 0. The largest absolute Gasteiger partial charge is 0.379 e. The molecule has 1 aliphatic rings. The fourth-order valence-electron chi connectivity index (χ4n) is 1.86. The van der Waals surface area contributed by atoms with Crippen molar-refractivity contribution in [3.63, 3.8) is 0 Å². The number of carbonyl (C=O) groups excluding carboxylic acids is 1. The van der Waals surface area contributed by atoms with Crippen LogP contribution in [0.15, 0.2) is 0 Å². The summed E-state index contributed by atoms with van der Waals surface area (Å²) in [6.45, 7) is 10.2. The first-order valence-electron chi connectivity index (χ1n) is 6.29. The minimum Gasteiger partial charge on any atom is -0.379 e. The highest BCUT2D eigenvalue weighted by atomic mass is 16.5. The number of hydrogen-bond acceptors (Lipinski definition) is 3. The van der Waals surface area contributed by atoms with Crippen molar-refractivity contribution < 1.29 is 9.53 Å². The van der Waals surface area contributed by atoms with Gasteiger partial charge in [0.2, 0.25) is 5.91 Å². The molecular formula is C12H24N2O2. The van der Waals surface area contributed by atoms with E-state index in [4.69, 9.17) is 4.74 Å². The van der Waals surface area contributed by atoms with Gasteiger partial charge in [-0.15, -0.1) is 0 Å². The topological polar surface area (TPSA) is 32.8 Å². The minimum atomic E-state index is 0.196. The molecule has 1 amide bonds. The summed E-state index contributed by atoms with van der Waals surface area (Å²) in [6.07, 6.45) is 2.24. The van der Waals surface area contributed by atoms with Gasteiger partial charge in [-0.25, -0.2) is 0 Å². The zero-order chi connectivity index (χ0) is 11.8. The third kappa shape index (κ3) is 4.94. The zero-order valence-electron chi connectivity index (χ0n) is 10.6. The molecule has 0 atom stereocenters. The van der Waals surface area contributed by atoms with Crippen LogP contribution in [0.3, 0.4) is 0 Å². The van der Waals surface area contributed by atoms with E-state index in [1.54, 1.807) is 6.92 Å². The normalized spacial score (nSPS) is 17.4. The summed E-state index contributed by atoms with van der Waals surface area (Å²) in [4.78, 5) is 15.7. The van der Waals surface area contributed by atoms with Gasteiger partial charge in [-0.1, -0.05) is 13.3 Å². The molecule has 16 heavy (non-hydrogen) atoms. The number of nitrogens with zero attached hydrogens (tertiary/aromatic N) is 2. The van der Waals surface area contributed by atoms with E-state index < -0.39 is 0 Å². The fraction of sp³-hybridized carbons (Fsp3) is 0.917. The van der Waals surface area contributed by atoms with E-state index in [2.05, 4.69) is 11.8 Å². The van der Waals surface area contributed by atoms with Gasteiger partial charge in [0.15, 0.2) is 0 Å². The Morgan fingerprint density at radius 3 is 2.56 bits per heavy atom. The van der Waals surface area contributed by atoms with Gasteiger partial charge in [-0.05, 0) is 6.42 Å². The van der Waals surface area contributed by atoms with Crippen molar-refractivity contribution in [1.29, 1.82) is 0 Å². The number of amides is 1. The van der Waals surface area contributed by atoms with Crippen LogP contribution in [0.1, 0.15) is 26.7 Å². The predicted octanol–water partition coefficient (Wildman–Crippen LogP) is 0.967. The van der Waals surface area contributed by atoms with E-state index in [9.17, 15) is 4.79 Å². The third-order valence-corrected chi connectivity index (χ3v) is 3.02. The van der Waals surface area contributed by atoms with Crippen molar-refractivity contribution in [3.05, 3.63) is 0 Å². The highest BCUT2D eigenvalue weighted by molar-refractivity contribution is 5.73. The Kier molecular flexibility index (Phi) is 6.42. The molecule has 1 aliphatic heterocycles. The molecule has 1 fully saturated rings. The van der Waals surface area contributed by atoms with Crippen molar-refractivity contribution in [2.45, 2.75) is 26.7 Å². The lowest BCUT2D eigenvalue weighted by Crippen LogP contribution is -2.42. The van der Waals surface area contributed by atoms with Crippen molar-refractivity contribution in [1.82, 2.24) is 9.80 Å². The van der Waals surface area contributed by atoms with Gasteiger partial charge in [0.05, 0.1) is 13.2 Å². The monoisotopic (exact) mass is 228 g/mol. The minimum absolute atomic E-state index is 0.196. The molecule has 1 rings (SSSR count). The van der Waals surface area contributed by atoms with Crippen LogP contribution in [0.25, 0.3) is 0 Å². The van der Waals surface area contributed by atoms with Gasteiger partial charge < -0.3 is 9.64 Å². The Balaban J connectivity index is 2.22. The van der Waals surface area contributed by atoms with Crippen LogP contribution in [0.4, 0.5) is 0 Å². The van der Waals surface area contributed by atoms with Crippen molar-refractivity contribution in [2.75, 3.05) is 45.9 Å². The van der Waals surface area contributed by atoms with E-state index in [0.29, 0.717) is 0 Å². The van der Waals surface area contributed by atoms with Crippen LogP contribution in [-0.4, -0.2) is 61.6 Å². The van der Waals surface area contributed by atoms with Crippen LogP contribution < -0.4 is 0 Å². The molecule has 1 heterocycles. The molecule has 4 heteroatoms. The molecule has 4 nitrogen and oxygen atoms in total. The van der Waals surface area contributed by atoms with Gasteiger partial charge in [0.1, 0.15) is 0 Å². The summed E-state index contributed by atoms with van der Waals surface area (Å²) in [5.74, 6) is 0.196. The number of carbonyl (C=O) groups is 1. The van der Waals surface area contributed by atoms with Gasteiger partial charge in [-0.2, -0.15) is 0 Å². The third-order valence-electron chi connectivity index (χ3n) is 3.02. The number of rotatable bonds is 6. The predicted molar refractivity (Wildman–Crippen MR) is 64.4 cm³/mol. The molecular weight excluding hydrogens is 204 g/mol. The molecule has 0 spiro atoms. The van der Waals surface area contributed by atoms with Crippen LogP contribution in [0, 0.1) is 0 Å². The van der Waals surface area contributed by atoms with E-state index in [0.717, 1.165) is 58.8 Å². The van der Waals surface area contributed by atoms with Gasteiger partial charge in [-0.3, -0.25) is 9.69 Å². The summed E-state index contributed by atoms with van der Waals surface area (Å²) in [5.41, 5.74) is 0. The Hall–Kier alpha value is -0.610. The van der Waals surface area contributed by atoms with Crippen molar-refractivity contribution >= 4 is 5.91 Å². The molecule has 0 aromatic rings. The average Bonchev–Trinajstić information content (AvgIpc) is 2.30. The molecule has 0 aromatic carbocycles. The van der Waals surface area contributed by atoms with Crippen LogP contribution in [-0.2, 0) is 9.53 Å². The fourth-order valence-corrected chi connectivity index (χ4v) is 1.86. The highest BCUT2D eigenvalue weighted by Gasteiger charge is 2.13. The molecule has 94 valence electrons. The molecule has 0 aliphatic carbocycles. The first-order valence-corrected chi connectivity index (χ1v) is 6.29. The Bertz CT molecular complexity index is 203. The number of unbranched alkanes of at least 4 members (excludes halogenated alkanes) is 1. The Morgan fingerprint density at radius 2 is 2.00 bits per heavy atom. The van der Waals surface area contributed by atoms with E-state index in [1.807, 2.05) is 4.90 Å². The first-order chi connectivity index (χ1) is 7.74. The van der Waals surface area contributed by atoms with E-state index in [-0.39, 0.29) is 5.91 Å². The maximum atomic E-state index is 11.4. The SMILES string of the molecule is CCCCN(CCN1CCOCC1)C(C)=O. The Morgan fingerprint density at radius 1 is 1.31 bits per heavy atom. The van der Waals surface area contributed by atoms with Crippen molar-refractivity contribution in [2.24, 2.45) is 0 Å². The van der Waals surface area contributed by atoms with Crippen molar-refractivity contribution in [3.8, 4) is 0 Å². The lowest BCUT2D eigenvalue weighted by atomic mass is 10.3.